The maximum absolute atomic E-state index is 5.80. The highest BCUT2D eigenvalue weighted by molar-refractivity contribution is 6.22. The van der Waals surface area contributed by atoms with Crippen LogP contribution in [0.2, 0.25) is 0 Å². The lowest BCUT2D eigenvalue weighted by molar-refractivity contribution is -0.790. The summed E-state index contributed by atoms with van der Waals surface area (Å²) in [5, 5.41) is 4.68. The molecule has 6 aromatic rings. The quantitative estimate of drug-likeness (QED) is 0.149. The van der Waals surface area contributed by atoms with Crippen LogP contribution in [-0.2, 0) is 5.91 Å². The predicted molar refractivity (Wildman–Crippen MR) is 210 cm³/mol. The Balaban J connectivity index is 1.46. The summed E-state index contributed by atoms with van der Waals surface area (Å²) < 4.78 is 9.85. The SMILES string of the molecule is Cc1cc(C)c2c(c1C)C1=Nc3c4c(C)cc(C)c(C)c4c4n3C35n6c(c7c(C)cc(C)c(C)c7c6=NC6=[N+]3C(=N4)c3c(C)c(C)cc(C)c36)=NC2=[N+]15. The highest BCUT2D eigenvalue weighted by Gasteiger charge is 2.70. The summed E-state index contributed by atoms with van der Waals surface area (Å²) in [5.41, 5.74) is 21.4. The molecule has 2 aromatic heterocycles. The molecule has 258 valence electrons. The first-order valence-corrected chi connectivity index (χ1v) is 18.8. The van der Waals surface area contributed by atoms with Crippen molar-refractivity contribution in [3.8, 4) is 0 Å². The van der Waals surface area contributed by atoms with E-state index in [0.29, 0.717) is 0 Å². The van der Waals surface area contributed by atoms with Crippen LogP contribution in [0.25, 0.3) is 21.5 Å². The van der Waals surface area contributed by atoms with Gasteiger partial charge < -0.3 is 0 Å². The third kappa shape index (κ3) is 2.85. The van der Waals surface area contributed by atoms with Crippen molar-refractivity contribution in [2.45, 2.75) is 89.0 Å². The van der Waals surface area contributed by atoms with Gasteiger partial charge in [-0.25, -0.2) is 0 Å². The maximum atomic E-state index is 5.80. The zero-order chi connectivity index (χ0) is 36.6. The molecule has 0 aliphatic carbocycles. The number of hydrogen-bond acceptors (Lipinski definition) is 4. The summed E-state index contributed by atoms with van der Waals surface area (Å²) in [7, 11) is 0. The van der Waals surface area contributed by atoms with Crippen LogP contribution in [0.3, 0.4) is 0 Å². The maximum Gasteiger partial charge on any atom is 0.404 e. The van der Waals surface area contributed by atoms with Gasteiger partial charge in [-0.2, -0.15) is 9.13 Å². The Hall–Kier alpha value is -5.76. The fourth-order valence-corrected chi connectivity index (χ4v) is 10.9. The van der Waals surface area contributed by atoms with E-state index in [0.717, 1.165) is 46.0 Å². The smallest absolute Gasteiger partial charge is 0.192 e. The molecule has 0 amide bonds. The van der Waals surface area contributed by atoms with Gasteiger partial charge in [0.2, 0.25) is 22.6 Å². The second-order valence-corrected chi connectivity index (χ2v) is 16.5. The molecule has 0 N–H and O–H groups in total. The molecule has 1 unspecified atom stereocenters. The van der Waals surface area contributed by atoms with Gasteiger partial charge >= 0.3 is 5.91 Å². The summed E-state index contributed by atoms with van der Waals surface area (Å²) in [5.74, 6) is 4.66. The van der Waals surface area contributed by atoms with Crippen molar-refractivity contribution in [3.05, 3.63) is 124 Å². The van der Waals surface area contributed by atoms with Crippen molar-refractivity contribution in [2.75, 3.05) is 0 Å². The number of hydrogen-bond donors (Lipinski definition) is 0. The van der Waals surface area contributed by atoms with Gasteiger partial charge in [0, 0.05) is 0 Å². The summed E-state index contributed by atoms with van der Waals surface area (Å²) in [6.07, 6.45) is 0. The molecule has 1 spiro atoms. The van der Waals surface area contributed by atoms with Crippen LogP contribution < -0.4 is 11.0 Å². The van der Waals surface area contributed by atoms with Gasteiger partial charge in [-0.1, -0.05) is 44.2 Å². The van der Waals surface area contributed by atoms with Crippen molar-refractivity contribution in [3.63, 3.8) is 0 Å². The van der Waals surface area contributed by atoms with E-state index in [1.165, 1.54) is 111 Å². The first-order chi connectivity index (χ1) is 25.3. The number of aryl methyl sites for hydroxylation is 10. The van der Waals surface area contributed by atoms with E-state index in [1.54, 1.807) is 0 Å². The van der Waals surface area contributed by atoms with E-state index >= 15 is 0 Å². The number of amidine groups is 4. The topological polar surface area (TPSA) is 65.3 Å². The molecule has 8 nitrogen and oxygen atoms in total. The van der Waals surface area contributed by atoms with E-state index in [4.69, 9.17) is 20.0 Å². The van der Waals surface area contributed by atoms with Crippen molar-refractivity contribution >= 4 is 56.5 Å². The summed E-state index contributed by atoms with van der Waals surface area (Å²) in [6.45, 7) is 26.9. The van der Waals surface area contributed by atoms with E-state index in [9.17, 15) is 0 Å². The van der Waals surface area contributed by atoms with Gasteiger partial charge in [-0.3, -0.25) is 0 Å². The third-order valence-electron chi connectivity index (χ3n) is 13.7. The first-order valence-electron chi connectivity index (χ1n) is 18.8. The van der Waals surface area contributed by atoms with Crippen molar-refractivity contribution < 1.29 is 9.15 Å². The van der Waals surface area contributed by atoms with Crippen LogP contribution in [0, 0.1) is 83.1 Å². The molecule has 1 atom stereocenters. The van der Waals surface area contributed by atoms with Crippen molar-refractivity contribution in [2.24, 2.45) is 20.0 Å². The molecule has 0 saturated heterocycles. The molecule has 6 aliphatic heterocycles. The van der Waals surface area contributed by atoms with Crippen molar-refractivity contribution in [1.29, 1.82) is 0 Å². The molecule has 0 radical (unpaired) electrons. The average molecular weight is 693 g/mol. The van der Waals surface area contributed by atoms with Crippen LogP contribution >= 0.6 is 0 Å². The Kier molecular flexibility index (Phi) is 4.89. The highest BCUT2D eigenvalue weighted by Crippen LogP contribution is 2.55. The van der Waals surface area contributed by atoms with Crippen LogP contribution in [0.4, 0.5) is 11.6 Å². The molecular weight excluding hydrogens is 653 g/mol. The lowest BCUT2D eigenvalue weighted by Crippen LogP contribution is -2.71. The minimum absolute atomic E-state index is 0.942. The summed E-state index contributed by atoms with van der Waals surface area (Å²) >= 11 is 0. The zero-order valence-corrected chi connectivity index (χ0v) is 32.4. The molecule has 0 fully saturated rings. The van der Waals surface area contributed by atoms with E-state index in [2.05, 4.69) is 126 Å². The van der Waals surface area contributed by atoms with E-state index in [-0.39, 0.29) is 0 Å². The molecule has 0 bridgehead atoms. The lowest BCUT2D eigenvalue weighted by Gasteiger charge is -2.40. The number of aromatic nitrogens is 2. The minimum atomic E-state index is -1.01. The second kappa shape index (κ2) is 8.71. The van der Waals surface area contributed by atoms with E-state index in [1.807, 2.05) is 0 Å². The number of rotatable bonds is 0. The summed E-state index contributed by atoms with van der Waals surface area (Å²) in [4.78, 5) is 23.2. The van der Waals surface area contributed by atoms with Gasteiger partial charge in [0.1, 0.15) is 0 Å². The zero-order valence-electron chi connectivity index (χ0n) is 32.4. The van der Waals surface area contributed by atoms with Gasteiger partial charge in [0.05, 0.1) is 43.8 Å². The average Bonchev–Trinajstić information content (AvgIpc) is 3.83. The standard InChI is InChI=1S/C45H40N8/c1-17-13-21(5)29-33(25(17)9)41-47-39-31-23(7)15-19(3)27(11)35(31)43-49-44-36-28(12)20(4)16-24(8)32(36)40-48-42-34-26(10)18(2)14-22(6)30(34)38-46-37(29)50(41)45(51(38)42,52(39)43)53(40)44/h13-16H,1-12H3/q+2. The van der Waals surface area contributed by atoms with Crippen LogP contribution in [0.15, 0.2) is 44.2 Å². The fraction of sp³-hybridized carbons (Fsp3) is 0.289. The Morgan fingerprint density at radius 3 is 1.34 bits per heavy atom. The van der Waals surface area contributed by atoms with Crippen LogP contribution in [0.1, 0.15) is 89.0 Å². The molecule has 8 heteroatoms. The number of fused-ring (bicyclic) bond motifs is 12. The fourth-order valence-electron chi connectivity index (χ4n) is 10.9. The van der Waals surface area contributed by atoms with Crippen LogP contribution in [0.5, 0.6) is 0 Å². The molecule has 6 aliphatic rings. The monoisotopic (exact) mass is 692 g/mol. The second-order valence-electron chi connectivity index (χ2n) is 16.5. The number of benzene rings is 4. The molecule has 12 rings (SSSR count). The van der Waals surface area contributed by atoms with E-state index < -0.39 is 5.91 Å². The van der Waals surface area contributed by atoms with Crippen LogP contribution in [-0.4, -0.2) is 41.6 Å². The Labute approximate surface area is 307 Å². The van der Waals surface area contributed by atoms with Crippen molar-refractivity contribution in [1.82, 2.24) is 9.13 Å². The largest absolute Gasteiger partial charge is 0.404 e. The van der Waals surface area contributed by atoms with Gasteiger partial charge in [0.15, 0.2) is 0 Å². The predicted octanol–water partition coefficient (Wildman–Crippen LogP) is 7.41. The van der Waals surface area contributed by atoms with Gasteiger partial charge in [-0.15, -0.1) is 9.15 Å². The number of aliphatic imine (C=N–C) groups is 2. The lowest BCUT2D eigenvalue weighted by atomic mass is 9.93. The third-order valence-corrected chi connectivity index (χ3v) is 13.7. The first kappa shape index (κ1) is 29.8. The Morgan fingerprint density at radius 2 is 0.811 bits per heavy atom. The molecule has 53 heavy (non-hydrogen) atoms. The summed E-state index contributed by atoms with van der Waals surface area (Å²) in [6, 6.07) is 9.29. The van der Waals surface area contributed by atoms with Gasteiger partial charge in [0.25, 0.3) is 23.3 Å². The minimum Gasteiger partial charge on any atom is -0.192 e. The molecule has 8 heterocycles. The highest BCUT2D eigenvalue weighted by atomic mass is 15.7. The molecule has 4 aromatic carbocycles. The Bertz CT molecular complexity index is 3280. The number of nitrogens with zero attached hydrogens (tertiary/aromatic N) is 8. The van der Waals surface area contributed by atoms with Gasteiger partial charge in [-0.05, 0) is 150 Å². The molecule has 0 saturated carbocycles. The normalized spacial score (nSPS) is 19.0. The Morgan fingerprint density at radius 1 is 0.396 bits per heavy atom. The molecular formula is C45H40N8+2.